The molecule has 2 aromatic carbocycles. The number of carbonyl (C=O) groups is 2. The van der Waals surface area contributed by atoms with Gasteiger partial charge in [-0.2, -0.15) is 5.10 Å². The summed E-state index contributed by atoms with van der Waals surface area (Å²) in [7, 11) is 0. The number of esters is 1. The van der Waals surface area contributed by atoms with Gasteiger partial charge in [-0.25, -0.2) is 10.2 Å². The molecule has 1 aromatic heterocycles. The molecule has 8 heteroatoms. The highest BCUT2D eigenvalue weighted by Crippen LogP contribution is 2.29. The van der Waals surface area contributed by atoms with Crippen LogP contribution in [-0.2, 0) is 4.79 Å². The first-order chi connectivity index (χ1) is 14.6. The van der Waals surface area contributed by atoms with E-state index < -0.39 is 18.0 Å². The zero-order valence-corrected chi connectivity index (χ0v) is 17.0. The molecule has 7 nitrogen and oxygen atoms in total. The molecule has 0 fully saturated rings. The summed E-state index contributed by atoms with van der Waals surface area (Å²) in [5.41, 5.74) is 3.39. The third-order valence-electron chi connectivity index (χ3n) is 3.94. The fourth-order valence-corrected chi connectivity index (χ4v) is 3.12. The van der Waals surface area contributed by atoms with Crippen LogP contribution in [0.15, 0.2) is 71.1 Å². The van der Waals surface area contributed by atoms with Crippen molar-refractivity contribution in [3.8, 4) is 11.5 Å². The van der Waals surface area contributed by atoms with Crippen molar-refractivity contribution in [3.63, 3.8) is 0 Å². The molecule has 0 saturated heterocycles. The van der Waals surface area contributed by atoms with Gasteiger partial charge in [0.1, 0.15) is 4.88 Å². The second-order valence-corrected chi connectivity index (χ2v) is 7.00. The Kier molecular flexibility index (Phi) is 7.31. The minimum Gasteiger partial charge on any atom is -0.490 e. The Morgan fingerprint density at radius 2 is 1.93 bits per heavy atom. The zero-order chi connectivity index (χ0) is 21.3. The summed E-state index contributed by atoms with van der Waals surface area (Å²) < 4.78 is 11.0. The summed E-state index contributed by atoms with van der Waals surface area (Å²) in [5, 5.41) is 15.7. The first-order valence-corrected chi connectivity index (χ1v) is 10.0. The summed E-state index contributed by atoms with van der Waals surface area (Å²) in [4.78, 5) is 24.7. The lowest BCUT2D eigenvalue weighted by atomic mass is 10.1. The number of hydrogen-bond acceptors (Lipinski definition) is 7. The smallest absolute Gasteiger partial charge is 0.353 e. The van der Waals surface area contributed by atoms with Crippen LogP contribution in [0.2, 0.25) is 0 Å². The lowest BCUT2D eigenvalue weighted by Crippen LogP contribution is -2.25. The lowest BCUT2D eigenvalue weighted by Gasteiger charge is -2.11. The maximum absolute atomic E-state index is 12.2. The Morgan fingerprint density at radius 1 is 1.13 bits per heavy atom. The van der Waals surface area contributed by atoms with E-state index in [4.69, 9.17) is 9.47 Å². The van der Waals surface area contributed by atoms with Crippen LogP contribution in [0.4, 0.5) is 0 Å². The van der Waals surface area contributed by atoms with Crippen LogP contribution in [0.25, 0.3) is 0 Å². The van der Waals surface area contributed by atoms with Gasteiger partial charge >= 0.3 is 5.97 Å². The number of benzene rings is 2. The summed E-state index contributed by atoms with van der Waals surface area (Å²) in [6.45, 7) is 2.20. The Labute approximate surface area is 177 Å². The second-order valence-electron chi connectivity index (χ2n) is 6.05. The highest BCUT2D eigenvalue weighted by molar-refractivity contribution is 7.12. The molecule has 30 heavy (non-hydrogen) atoms. The van der Waals surface area contributed by atoms with Crippen molar-refractivity contribution in [2.24, 2.45) is 5.10 Å². The fourth-order valence-electron chi connectivity index (χ4n) is 2.52. The molecule has 0 spiro atoms. The lowest BCUT2D eigenvalue weighted by molar-refractivity contribution is -0.129. The highest BCUT2D eigenvalue weighted by atomic mass is 32.1. The van der Waals surface area contributed by atoms with Gasteiger partial charge in [0.25, 0.3) is 5.91 Å². The predicted molar refractivity (Wildman–Crippen MR) is 114 cm³/mol. The van der Waals surface area contributed by atoms with Crippen LogP contribution in [0.3, 0.4) is 0 Å². The third-order valence-corrected chi connectivity index (χ3v) is 4.79. The number of aliphatic hydroxyl groups is 1. The maximum Gasteiger partial charge on any atom is 0.353 e. The van der Waals surface area contributed by atoms with Gasteiger partial charge in [0, 0.05) is 0 Å². The SMILES string of the molecule is CCOc1cc(/C=N\NC(=O)[C@H](O)c2ccccc2)ccc1OC(=O)c1cccs1. The van der Waals surface area contributed by atoms with Crippen LogP contribution < -0.4 is 14.9 Å². The Hall–Kier alpha value is -3.49. The average Bonchev–Trinajstić information content (AvgIpc) is 3.31. The van der Waals surface area contributed by atoms with E-state index in [0.717, 1.165) is 0 Å². The number of carbonyl (C=O) groups excluding carboxylic acids is 2. The molecule has 0 saturated carbocycles. The first-order valence-electron chi connectivity index (χ1n) is 9.17. The van der Waals surface area contributed by atoms with Crippen molar-refractivity contribution in [3.05, 3.63) is 82.0 Å². The van der Waals surface area contributed by atoms with Gasteiger partial charge in [0.05, 0.1) is 12.8 Å². The van der Waals surface area contributed by atoms with E-state index >= 15 is 0 Å². The third kappa shape index (κ3) is 5.53. The van der Waals surface area contributed by atoms with Crippen molar-refractivity contribution in [2.75, 3.05) is 6.61 Å². The van der Waals surface area contributed by atoms with Crippen LogP contribution in [0.5, 0.6) is 11.5 Å². The van der Waals surface area contributed by atoms with Crippen molar-refractivity contribution < 1.29 is 24.2 Å². The molecule has 3 rings (SSSR count). The summed E-state index contributed by atoms with van der Waals surface area (Å²) in [5.74, 6) is -0.448. The van der Waals surface area contributed by atoms with E-state index in [9.17, 15) is 14.7 Å². The van der Waals surface area contributed by atoms with E-state index in [0.29, 0.717) is 28.4 Å². The topological polar surface area (TPSA) is 97.2 Å². The molecule has 3 aromatic rings. The fraction of sp³-hybridized carbons (Fsp3) is 0.136. The quantitative estimate of drug-likeness (QED) is 0.249. The normalized spacial score (nSPS) is 11.8. The molecule has 1 amide bonds. The molecule has 0 radical (unpaired) electrons. The first kappa shape index (κ1) is 21.2. The Morgan fingerprint density at radius 3 is 2.63 bits per heavy atom. The maximum atomic E-state index is 12.2. The number of ether oxygens (including phenoxy) is 2. The van der Waals surface area contributed by atoms with Gasteiger partial charge in [-0.05, 0) is 47.7 Å². The molecule has 0 aliphatic rings. The van der Waals surface area contributed by atoms with Gasteiger partial charge < -0.3 is 14.6 Å². The molecule has 0 bridgehead atoms. The molecular weight excluding hydrogens is 404 g/mol. The van der Waals surface area contributed by atoms with Crippen LogP contribution in [-0.4, -0.2) is 29.8 Å². The molecule has 0 aliphatic carbocycles. The number of hydrogen-bond donors (Lipinski definition) is 2. The number of nitrogens with one attached hydrogen (secondary N) is 1. The average molecular weight is 424 g/mol. The van der Waals surface area contributed by atoms with Crippen molar-refractivity contribution in [2.45, 2.75) is 13.0 Å². The number of rotatable bonds is 8. The number of hydrazone groups is 1. The molecule has 1 atom stereocenters. The minimum absolute atomic E-state index is 0.288. The van der Waals surface area contributed by atoms with E-state index in [2.05, 4.69) is 10.5 Å². The molecule has 154 valence electrons. The van der Waals surface area contributed by atoms with E-state index in [1.165, 1.54) is 17.6 Å². The number of amides is 1. The Balaban J connectivity index is 1.66. The predicted octanol–water partition coefficient (Wildman–Crippen LogP) is 3.55. The highest BCUT2D eigenvalue weighted by Gasteiger charge is 2.16. The molecule has 1 heterocycles. The van der Waals surface area contributed by atoms with E-state index in [-0.39, 0.29) is 5.75 Å². The standard InChI is InChI=1S/C22H20N2O5S/c1-2-28-18-13-15(10-11-17(18)29-22(27)19-9-6-12-30-19)14-23-24-21(26)20(25)16-7-4-3-5-8-16/h3-14,20,25H,2H2,1H3,(H,24,26)/b23-14-/t20-/m1/s1. The zero-order valence-electron chi connectivity index (χ0n) is 16.1. The monoisotopic (exact) mass is 424 g/mol. The van der Waals surface area contributed by atoms with Crippen LogP contribution in [0, 0.1) is 0 Å². The molecule has 0 unspecified atom stereocenters. The summed E-state index contributed by atoms with van der Waals surface area (Å²) in [6, 6.07) is 16.9. The minimum atomic E-state index is -1.32. The Bertz CT molecular complexity index is 1020. The van der Waals surface area contributed by atoms with Gasteiger partial charge in [-0.3, -0.25) is 4.79 Å². The van der Waals surface area contributed by atoms with Gasteiger partial charge in [0.15, 0.2) is 17.6 Å². The number of thiophene rings is 1. The van der Waals surface area contributed by atoms with E-state index in [1.807, 2.05) is 6.92 Å². The van der Waals surface area contributed by atoms with Crippen molar-refractivity contribution in [1.82, 2.24) is 5.43 Å². The van der Waals surface area contributed by atoms with Crippen molar-refractivity contribution >= 4 is 29.4 Å². The van der Waals surface area contributed by atoms with Crippen LogP contribution >= 0.6 is 11.3 Å². The largest absolute Gasteiger partial charge is 0.490 e. The number of nitrogens with zero attached hydrogens (tertiary/aromatic N) is 1. The van der Waals surface area contributed by atoms with Gasteiger partial charge in [-0.15, -0.1) is 11.3 Å². The van der Waals surface area contributed by atoms with Crippen molar-refractivity contribution in [1.29, 1.82) is 0 Å². The summed E-state index contributed by atoms with van der Waals surface area (Å²) in [6.07, 6.45) is 0.0876. The van der Waals surface area contributed by atoms with E-state index in [1.54, 1.807) is 66.0 Å². The van der Waals surface area contributed by atoms with Gasteiger partial charge in [0.2, 0.25) is 0 Å². The molecular formula is C22H20N2O5S. The molecule has 2 N–H and O–H groups in total. The van der Waals surface area contributed by atoms with Crippen LogP contribution in [0.1, 0.15) is 33.8 Å². The summed E-state index contributed by atoms with van der Waals surface area (Å²) >= 11 is 1.29. The second kappa shape index (κ2) is 10.3. The van der Waals surface area contributed by atoms with Gasteiger partial charge in [-0.1, -0.05) is 36.4 Å². The number of aliphatic hydroxyl groups excluding tert-OH is 1. The molecule has 0 aliphatic heterocycles.